The lowest BCUT2D eigenvalue weighted by Gasteiger charge is -2.11. The fourth-order valence-corrected chi connectivity index (χ4v) is 3.89. The highest BCUT2D eigenvalue weighted by atomic mass is 32.1. The van der Waals surface area contributed by atoms with Crippen molar-refractivity contribution in [3.8, 4) is 0 Å². The summed E-state index contributed by atoms with van der Waals surface area (Å²) < 4.78 is 33.0. The first-order valence-corrected chi connectivity index (χ1v) is 8.59. The average molecular weight is 374 g/mol. The van der Waals surface area contributed by atoms with Crippen molar-refractivity contribution in [2.24, 2.45) is 7.05 Å². The number of benzene rings is 1. The Morgan fingerprint density at radius 3 is 2.69 bits per heavy atom. The Morgan fingerprint density at radius 2 is 2.04 bits per heavy atom. The summed E-state index contributed by atoms with van der Waals surface area (Å²) in [5.41, 5.74) is 2.38. The first-order chi connectivity index (χ1) is 12.4. The summed E-state index contributed by atoms with van der Waals surface area (Å²) in [4.78, 5) is 16.3. The van der Waals surface area contributed by atoms with Gasteiger partial charge in [-0.25, -0.2) is 13.8 Å². The zero-order valence-corrected chi connectivity index (χ0v) is 14.8. The van der Waals surface area contributed by atoms with Gasteiger partial charge in [-0.3, -0.25) is 9.36 Å². The Morgan fingerprint density at radius 1 is 1.31 bits per heavy atom. The Labute approximate surface area is 153 Å². The van der Waals surface area contributed by atoms with Crippen molar-refractivity contribution in [1.82, 2.24) is 18.7 Å². The van der Waals surface area contributed by atoms with Crippen molar-refractivity contribution in [2.45, 2.75) is 25.3 Å². The predicted molar refractivity (Wildman–Crippen MR) is 93.6 cm³/mol. The second-order valence-electron chi connectivity index (χ2n) is 6.49. The molecule has 1 aromatic carbocycles. The summed E-state index contributed by atoms with van der Waals surface area (Å²) in [6.07, 6.45) is 5.38. The molecule has 1 atom stereocenters. The highest BCUT2D eigenvalue weighted by Gasteiger charge is 2.29. The molecule has 0 fully saturated rings. The number of aromatic nitrogens is 4. The molecular formula is C18H16F2N4OS. The smallest absolute Gasteiger partial charge is 0.237 e. The Hall–Kier alpha value is -2.61. The van der Waals surface area contributed by atoms with E-state index in [1.165, 1.54) is 23.0 Å². The normalized spacial score (nSPS) is 16.0. The number of nitrogens with zero attached hydrogens (tertiary/aromatic N) is 4. The summed E-state index contributed by atoms with van der Waals surface area (Å²) in [5.74, 6) is -1.35. The van der Waals surface area contributed by atoms with Gasteiger partial charge >= 0.3 is 0 Å². The SMILES string of the molecule is Cn1c(CC(=O)n2ccnc2)c2n(c1=S)CC(c1cc(F)cc(F)c1)C2. The quantitative estimate of drug-likeness (QED) is 0.661. The molecule has 0 amide bonds. The highest BCUT2D eigenvalue weighted by Crippen LogP contribution is 2.33. The average Bonchev–Trinajstić information content (AvgIpc) is 3.30. The molecule has 3 aromatic rings. The molecular weight excluding hydrogens is 358 g/mol. The van der Waals surface area contributed by atoms with Gasteiger partial charge in [0.05, 0.1) is 6.42 Å². The van der Waals surface area contributed by atoms with Crippen LogP contribution < -0.4 is 0 Å². The monoisotopic (exact) mass is 374 g/mol. The van der Waals surface area contributed by atoms with E-state index < -0.39 is 11.6 Å². The third kappa shape index (κ3) is 2.80. The van der Waals surface area contributed by atoms with Gasteiger partial charge in [0.25, 0.3) is 0 Å². The van der Waals surface area contributed by atoms with Crippen molar-refractivity contribution < 1.29 is 13.6 Å². The van der Waals surface area contributed by atoms with Gasteiger partial charge in [0, 0.05) is 49.4 Å². The molecule has 134 valence electrons. The van der Waals surface area contributed by atoms with Crippen LogP contribution in [0.3, 0.4) is 0 Å². The third-order valence-electron chi connectivity index (χ3n) is 4.89. The molecule has 4 rings (SSSR count). The summed E-state index contributed by atoms with van der Waals surface area (Å²) in [7, 11) is 1.83. The molecule has 2 aromatic heterocycles. The molecule has 0 aliphatic carbocycles. The van der Waals surface area contributed by atoms with E-state index in [2.05, 4.69) is 4.98 Å². The standard InChI is InChI=1S/C18H16F2N4OS/c1-22-15(8-17(25)23-3-2-21-10-23)16-6-12(9-24(16)18(22)26)11-4-13(19)7-14(20)5-11/h2-5,7,10,12H,6,8-9H2,1H3. The van der Waals surface area contributed by atoms with E-state index in [1.54, 1.807) is 12.4 Å². The van der Waals surface area contributed by atoms with Gasteiger partial charge < -0.3 is 9.13 Å². The number of carbonyl (C=O) groups is 1. The molecule has 0 saturated carbocycles. The van der Waals surface area contributed by atoms with Gasteiger partial charge in [-0.15, -0.1) is 0 Å². The highest BCUT2D eigenvalue weighted by molar-refractivity contribution is 7.71. The van der Waals surface area contributed by atoms with Crippen LogP contribution in [0.2, 0.25) is 0 Å². The van der Waals surface area contributed by atoms with E-state index in [1.807, 2.05) is 16.2 Å². The molecule has 1 aliphatic rings. The Bertz CT molecular complexity index is 1030. The largest absolute Gasteiger partial charge is 0.323 e. The fraction of sp³-hybridized carbons (Fsp3) is 0.278. The molecule has 0 bridgehead atoms. The van der Waals surface area contributed by atoms with Gasteiger partial charge in [-0.2, -0.15) is 0 Å². The van der Waals surface area contributed by atoms with E-state index in [0.717, 1.165) is 17.5 Å². The van der Waals surface area contributed by atoms with Crippen molar-refractivity contribution in [1.29, 1.82) is 0 Å². The second-order valence-corrected chi connectivity index (χ2v) is 6.86. The van der Waals surface area contributed by atoms with Crippen LogP contribution in [-0.4, -0.2) is 24.6 Å². The number of carbonyl (C=O) groups excluding carboxylic acids is 1. The van der Waals surface area contributed by atoms with Crippen LogP contribution in [0.4, 0.5) is 8.78 Å². The molecule has 0 N–H and O–H groups in total. The first kappa shape index (κ1) is 16.8. The summed E-state index contributed by atoms with van der Waals surface area (Å²) in [6, 6.07) is 3.59. The minimum atomic E-state index is -0.587. The van der Waals surface area contributed by atoms with E-state index in [4.69, 9.17) is 12.2 Å². The lowest BCUT2D eigenvalue weighted by atomic mass is 9.96. The van der Waals surface area contributed by atoms with Crippen LogP contribution in [0.15, 0.2) is 36.9 Å². The number of rotatable bonds is 3. The number of imidazole rings is 2. The second kappa shape index (κ2) is 6.28. The molecule has 5 nitrogen and oxygen atoms in total. The van der Waals surface area contributed by atoms with Crippen molar-refractivity contribution >= 4 is 18.1 Å². The maximum absolute atomic E-state index is 13.6. The molecule has 3 heterocycles. The molecule has 26 heavy (non-hydrogen) atoms. The number of fused-ring (bicyclic) bond motifs is 1. The Balaban J connectivity index is 1.66. The van der Waals surface area contributed by atoms with E-state index in [9.17, 15) is 13.6 Å². The van der Waals surface area contributed by atoms with Crippen LogP contribution in [0.25, 0.3) is 0 Å². The Kier molecular flexibility index (Phi) is 4.07. The number of halogens is 2. The lowest BCUT2D eigenvalue weighted by Crippen LogP contribution is -2.15. The molecule has 1 unspecified atom stereocenters. The fourth-order valence-electron chi connectivity index (χ4n) is 3.59. The number of hydrogen-bond donors (Lipinski definition) is 0. The van der Waals surface area contributed by atoms with Crippen molar-refractivity contribution in [3.63, 3.8) is 0 Å². The maximum atomic E-state index is 13.6. The molecule has 0 saturated heterocycles. The topological polar surface area (TPSA) is 44.8 Å². The van der Waals surface area contributed by atoms with Crippen LogP contribution in [0.5, 0.6) is 0 Å². The van der Waals surface area contributed by atoms with E-state index in [0.29, 0.717) is 23.3 Å². The van der Waals surface area contributed by atoms with Gasteiger partial charge in [0.1, 0.15) is 18.0 Å². The van der Waals surface area contributed by atoms with Crippen molar-refractivity contribution in [3.05, 3.63) is 70.3 Å². The summed E-state index contributed by atoms with van der Waals surface area (Å²) in [5, 5.41) is 0. The summed E-state index contributed by atoms with van der Waals surface area (Å²) in [6.45, 7) is 0.546. The summed E-state index contributed by atoms with van der Waals surface area (Å²) >= 11 is 5.50. The minimum absolute atomic E-state index is 0.0693. The molecule has 0 spiro atoms. The van der Waals surface area contributed by atoms with Gasteiger partial charge in [0.2, 0.25) is 5.91 Å². The molecule has 0 radical (unpaired) electrons. The van der Waals surface area contributed by atoms with Crippen LogP contribution in [-0.2, 0) is 26.4 Å². The van der Waals surface area contributed by atoms with Gasteiger partial charge in [-0.1, -0.05) is 0 Å². The van der Waals surface area contributed by atoms with Gasteiger partial charge in [-0.05, 0) is 36.3 Å². The zero-order valence-electron chi connectivity index (χ0n) is 14.0. The lowest BCUT2D eigenvalue weighted by molar-refractivity contribution is 0.0911. The van der Waals surface area contributed by atoms with Crippen LogP contribution in [0.1, 0.15) is 27.7 Å². The molecule has 1 aliphatic heterocycles. The van der Waals surface area contributed by atoms with Crippen LogP contribution in [0, 0.1) is 16.4 Å². The van der Waals surface area contributed by atoms with E-state index in [-0.39, 0.29) is 18.2 Å². The molecule has 8 heteroatoms. The predicted octanol–water partition coefficient (Wildman–Crippen LogP) is 3.25. The van der Waals surface area contributed by atoms with Crippen LogP contribution >= 0.6 is 12.2 Å². The third-order valence-corrected chi connectivity index (χ3v) is 5.39. The van der Waals surface area contributed by atoms with E-state index >= 15 is 0 Å². The van der Waals surface area contributed by atoms with Gasteiger partial charge in [0.15, 0.2) is 4.77 Å². The van der Waals surface area contributed by atoms with Crippen molar-refractivity contribution in [2.75, 3.05) is 0 Å². The maximum Gasteiger partial charge on any atom is 0.237 e. The zero-order chi connectivity index (χ0) is 18.4. The number of hydrogen-bond acceptors (Lipinski definition) is 3. The first-order valence-electron chi connectivity index (χ1n) is 8.18. The minimum Gasteiger partial charge on any atom is -0.323 e.